The van der Waals surface area contributed by atoms with Gasteiger partial charge in [0.1, 0.15) is 6.07 Å². The summed E-state index contributed by atoms with van der Waals surface area (Å²) in [6, 6.07) is 13.7. The van der Waals surface area contributed by atoms with Gasteiger partial charge in [-0.05, 0) is 24.3 Å². The Morgan fingerprint density at radius 1 is 1.22 bits per heavy atom. The topological polar surface area (TPSA) is 54.0 Å². The lowest BCUT2D eigenvalue weighted by molar-refractivity contribution is 0.942. The molecule has 0 atom stereocenters. The van der Waals surface area contributed by atoms with E-state index in [-0.39, 0.29) is 0 Å². The molecule has 18 heavy (non-hydrogen) atoms. The molecule has 1 aromatic carbocycles. The van der Waals surface area contributed by atoms with Crippen LogP contribution >= 0.6 is 15.9 Å². The molecule has 0 aliphatic carbocycles. The number of nitrogens with zero attached hydrogens (tertiary/aromatic N) is 4. The van der Waals surface area contributed by atoms with Gasteiger partial charge in [-0.1, -0.05) is 28.1 Å². The van der Waals surface area contributed by atoms with Crippen LogP contribution < -0.4 is 0 Å². The molecule has 5 heteroatoms. The number of rotatable bonds is 1. The lowest BCUT2D eigenvalue weighted by Gasteiger charge is -2.01. The zero-order valence-electron chi connectivity index (χ0n) is 9.21. The second-order valence-corrected chi connectivity index (χ2v) is 4.69. The van der Waals surface area contributed by atoms with Gasteiger partial charge in [-0.15, -0.1) is 0 Å². The number of halogens is 1. The molecule has 0 spiro atoms. The molecule has 0 bridgehead atoms. The Hall–Kier alpha value is -2.19. The number of imidazole rings is 1. The standard InChI is InChI=1S/C13H7BrN4/c14-10-3-1-2-9(6-10)12-4-5-13-16-11(7-15)8-18(13)17-12/h1-6,8H. The molecule has 0 fully saturated rings. The SMILES string of the molecule is N#Cc1cn2nc(-c3cccc(Br)c3)ccc2n1. The quantitative estimate of drug-likeness (QED) is 0.694. The smallest absolute Gasteiger partial charge is 0.161 e. The third kappa shape index (κ3) is 1.87. The Morgan fingerprint density at radius 3 is 2.89 bits per heavy atom. The molecule has 0 unspecified atom stereocenters. The van der Waals surface area contributed by atoms with Crippen molar-refractivity contribution < 1.29 is 0 Å². The Morgan fingerprint density at radius 2 is 2.11 bits per heavy atom. The summed E-state index contributed by atoms with van der Waals surface area (Å²) in [7, 11) is 0. The molecule has 0 N–H and O–H groups in total. The van der Waals surface area contributed by atoms with E-state index in [9.17, 15) is 0 Å². The maximum absolute atomic E-state index is 8.80. The molecule has 0 saturated carbocycles. The average molecular weight is 299 g/mol. The van der Waals surface area contributed by atoms with Crippen LogP contribution in [0.25, 0.3) is 16.9 Å². The van der Waals surface area contributed by atoms with Crippen molar-refractivity contribution in [2.45, 2.75) is 0 Å². The molecule has 0 aliphatic heterocycles. The number of hydrogen-bond donors (Lipinski definition) is 0. The maximum atomic E-state index is 8.80. The molecule has 2 heterocycles. The van der Waals surface area contributed by atoms with Crippen molar-refractivity contribution in [3.63, 3.8) is 0 Å². The summed E-state index contributed by atoms with van der Waals surface area (Å²) in [5.41, 5.74) is 2.89. The highest BCUT2D eigenvalue weighted by molar-refractivity contribution is 9.10. The normalized spacial score (nSPS) is 10.4. The largest absolute Gasteiger partial charge is 0.219 e. The highest BCUT2D eigenvalue weighted by atomic mass is 79.9. The summed E-state index contributed by atoms with van der Waals surface area (Å²) in [6.07, 6.45) is 1.62. The van der Waals surface area contributed by atoms with Gasteiger partial charge in [0.25, 0.3) is 0 Å². The van der Waals surface area contributed by atoms with E-state index >= 15 is 0 Å². The second kappa shape index (κ2) is 4.24. The summed E-state index contributed by atoms with van der Waals surface area (Å²) in [5, 5.41) is 13.2. The monoisotopic (exact) mass is 298 g/mol. The fourth-order valence-corrected chi connectivity index (χ4v) is 2.14. The third-order valence-corrected chi connectivity index (χ3v) is 3.05. The molecule has 0 saturated heterocycles. The van der Waals surface area contributed by atoms with Gasteiger partial charge in [0.05, 0.1) is 11.9 Å². The summed E-state index contributed by atoms with van der Waals surface area (Å²) >= 11 is 3.43. The average Bonchev–Trinajstić information content (AvgIpc) is 2.80. The van der Waals surface area contributed by atoms with Crippen molar-refractivity contribution >= 4 is 21.6 Å². The predicted molar refractivity (Wildman–Crippen MR) is 70.8 cm³/mol. The van der Waals surface area contributed by atoms with Gasteiger partial charge in [0, 0.05) is 10.0 Å². The minimum absolute atomic E-state index is 0.369. The lowest BCUT2D eigenvalue weighted by Crippen LogP contribution is -1.92. The zero-order valence-corrected chi connectivity index (χ0v) is 10.8. The van der Waals surface area contributed by atoms with E-state index in [0.717, 1.165) is 15.7 Å². The van der Waals surface area contributed by atoms with Gasteiger partial charge in [0.15, 0.2) is 11.3 Å². The fourth-order valence-electron chi connectivity index (χ4n) is 1.74. The molecule has 4 nitrogen and oxygen atoms in total. The first kappa shape index (κ1) is 10.9. The molecular formula is C13H7BrN4. The van der Waals surface area contributed by atoms with E-state index in [1.165, 1.54) is 0 Å². The van der Waals surface area contributed by atoms with Crippen molar-refractivity contribution in [3.05, 3.63) is 52.8 Å². The minimum Gasteiger partial charge on any atom is -0.219 e. The van der Waals surface area contributed by atoms with Gasteiger partial charge in [-0.25, -0.2) is 9.50 Å². The maximum Gasteiger partial charge on any atom is 0.161 e. The van der Waals surface area contributed by atoms with E-state index < -0.39 is 0 Å². The highest BCUT2D eigenvalue weighted by Crippen LogP contribution is 2.21. The molecule has 3 aromatic rings. The molecular weight excluding hydrogens is 292 g/mol. The van der Waals surface area contributed by atoms with E-state index in [4.69, 9.17) is 5.26 Å². The van der Waals surface area contributed by atoms with E-state index in [2.05, 4.69) is 26.0 Å². The van der Waals surface area contributed by atoms with E-state index in [1.54, 1.807) is 10.7 Å². The van der Waals surface area contributed by atoms with Crippen LogP contribution in [0.1, 0.15) is 5.69 Å². The number of fused-ring (bicyclic) bond motifs is 1. The van der Waals surface area contributed by atoms with Crippen molar-refractivity contribution in [1.82, 2.24) is 14.6 Å². The number of benzene rings is 1. The zero-order chi connectivity index (χ0) is 12.5. The van der Waals surface area contributed by atoms with Crippen LogP contribution in [-0.2, 0) is 0 Å². The third-order valence-electron chi connectivity index (χ3n) is 2.55. The Bertz CT molecular complexity index is 770. The second-order valence-electron chi connectivity index (χ2n) is 3.77. The molecule has 3 rings (SSSR count). The molecule has 86 valence electrons. The summed E-state index contributed by atoms with van der Waals surface area (Å²) in [4.78, 5) is 4.11. The van der Waals surface area contributed by atoms with Crippen LogP contribution in [-0.4, -0.2) is 14.6 Å². The first-order chi connectivity index (χ1) is 8.76. The minimum atomic E-state index is 0.369. The highest BCUT2D eigenvalue weighted by Gasteiger charge is 2.04. The lowest BCUT2D eigenvalue weighted by atomic mass is 10.1. The van der Waals surface area contributed by atoms with Crippen LogP contribution in [0.4, 0.5) is 0 Å². The van der Waals surface area contributed by atoms with Crippen LogP contribution in [0.5, 0.6) is 0 Å². The summed E-state index contributed by atoms with van der Waals surface area (Å²) in [5.74, 6) is 0. The Kier molecular flexibility index (Phi) is 2.58. The van der Waals surface area contributed by atoms with Crippen LogP contribution in [0.2, 0.25) is 0 Å². The molecule has 0 aliphatic rings. The summed E-state index contributed by atoms with van der Waals surface area (Å²) in [6.45, 7) is 0. The van der Waals surface area contributed by atoms with Crippen LogP contribution in [0, 0.1) is 11.3 Å². The molecule has 0 radical (unpaired) electrons. The van der Waals surface area contributed by atoms with Gasteiger partial charge in [-0.3, -0.25) is 0 Å². The van der Waals surface area contributed by atoms with Crippen LogP contribution in [0.15, 0.2) is 47.1 Å². The van der Waals surface area contributed by atoms with Crippen molar-refractivity contribution in [2.24, 2.45) is 0 Å². The molecule has 0 amide bonds. The van der Waals surface area contributed by atoms with Crippen molar-refractivity contribution in [1.29, 1.82) is 5.26 Å². The Balaban J connectivity index is 2.16. The number of aromatic nitrogens is 3. The van der Waals surface area contributed by atoms with Gasteiger partial charge < -0.3 is 0 Å². The van der Waals surface area contributed by atoms with Crippen molar-refractivity contribution in [3.8, 4) is 17.3 Å². The number of hydrogen-bond acceptors (Lipinski definition) is 3. The molecule has 2 aromatic heterocycles. The fraction of sp³-hybridized carbons (Fsp3) is 0. The van der Waals surface area contributed by atoms with Gasteiger partial charge >= 0.3 is 0 Å². The number of nitriles is 1. The Labute approximate surface area is 112 Å². The van der Waals surface area contributed by atoms with E-state index in [1.807, 2.05) is 42.5 Å². The van der Waals surface area contributed by atoms with E-state index in [0.29, 0.717) is 11.3 Å². The predicted octanol–water partition coefficient (Wildman–Crippen LogP) is 3.03. The van der Waals surface area contributed by atoms with Gasteiger partial charge in [-0.2, -0.15) is 10.4 Å². The van der Waals surface area contributed by atoms with Gasteiger partial charge in [0.2, 0.25) is 0 Å². The van der Waals surface area contributed by atoms with Crippen LogP contribution in [0.3, 0.4) is 0 Å². The van der Waals surface area contributed by atoms with Crippen molar-refractivity contribution in [2.75, 3.05) is 0 Å². The summed E-state index contributed by atoms with van der Waals surface area (Å²) < 4.78 is 2.62. The first-order valence-electron chi connectivity index (χ1n) is 5.29. The first-order valence-corrected chi connectivity index (χ1v) is 6.08.